The Hall–Kier alpha value is -0.905. The largest absolute Gasteiger partial charge is 0.538 e. The molecule has 0 saturated carbocycles. The van der Waals surface area contributed by atoms with E-state index in [2.05, 4.69) is 4.98 Å². The lowest BCUT2D eigenvalue weighted by molar-refractivity contribution is 0.0146. The third-order valence-corrected chi connectivity index (χ3v) is 2.40. The molecule has 0 aliphatic heterocycles. The first-order chi connectivity index (χ1) is 8.85. The smallest absolute Gasteiger partial charge is 0.428 e. The summed E-state index contributed by atoms with van der Waals surface area (Å²) in [4.78, 5) is 4.36. The van der Waals surface area contributed by atoms with E-state index in [-0.39, 0.29) is 18.3 Å². The minimum absolute atomic E-state index is 0.0143. The van der Waals surface area contributed by atoms with Gasteiger partial charge < -0.3 is 14.0 Å². The second kappa shape index (κ2) is 7.03. The van der Waals surface area contributed by atoms with Gasteiger partial charge in [0.1, 0.15) is 0 Å². The zero-order valence-electron chi connectivity index (χ0n) is 12.8. The molecule has 0 saturated heterocycles. The van der Waals surface area contributed by atoms with Crippen LogP contribution in [0.25, 0.3) is 0 Å². The standard InChI is InChI=1S/C14H25BNO3/c1-11(2)17-15(18-12(3)4,19-13(5)6)14-9-7-8-10-16-14/h7-13H,1-6H3/q-1. The molecule has 0 spiro atoms. The maximum Gasteiger partial charge on any atom is 0.428 e. The molecule has 19 heavy (non-hydrogen) atoms. The Balaban J connectivity index is 3.16. The zero-order chi connectivity index (χ0) is 14.5. The first-order valence-electron chi connectivity index (χ1n) is 6.94. The number of nitrogens with zero attached hydrogens (tertiary/aromatic N) is 1. The van der Waals surface area contributed by atoms with Crippen molar-refractivity contribution in [3.63, 3.8) is 0 Å². The van der Waals surface area contributed by atoms with Crippen LogP contribution in [0.4, 0.5) is 0 Å². The van der Waals surface area contributed by atoms with Crippen molar-refractivity contribution < 1.29 is 14.0 Å². The van der Waals surface area contributed by atoms with E-state index in [9.17, 15) is 0 Å². The summed E-state index contributed by atoms with van der Waals surface area (Å²) in [7, 11) is 0. The van der Waals surface area contributed by atoms with E-state index in [1.165, 1.54) is 0 Å². The third kappa shape index (κ3) is 4.93. The van der Waals surface area contributed by atoms with E-state index in [0.29, 0.717) is 5.59 Å². The predicted octanol–water partition coefficient (Wildman–Crippen LogP) is 2.50. The lowest BCUT2D eigenvalue weighted by Crippen LogP contribution is -2.61. The fourth-order valence-electron chi connectivity index (χ4n) is 1.97. The second-order valence-corrected chi connectivity index (χ2v) is 5.45. The molecule has 108 valence electrons. The molecular formula is C14H25BNO3-. The molecule has 1 rings (SSSR count). The molecule has 0 fully saturated rings. The minimum Gasteiger partial charge on any atom is -0.538 e. The van der Waals surface area contributed by atoms with Gasteiger partial charge in [-0.25, -0.2) is 0 Å². The molecule has 1 aromatic rings. The summed E-state index contributed by atoms with van der Waals surface area (Å²) in [6.07, 6.45) is 1.68. The first kappa shape index (κ1) is 16.2. The van der Waals surface area contributed by atoms with E-state index >= 15 is 0 Å². The van der Waals surface area contributed by atoms with Gasteiger partial charge in [0.15, 0.2) is 0 Å². The summed E-state index contributed by atoms with van der Waals surface area (Å²) in [5.41, 5.74) is 0.693. The van der Waals surface area contributed by atoms with Crippen molar-refractivity contribution in [3.8, 4) is 0 Å². The summed E-state index contributed by atoms with van der Waals surface area (Å²) < 4.78 is 18.0. The molecule has 0 aliphatic rings. The maximum absolute atomic E-state index is 6.00. The quantitative estimate of drug-likeness (QED) is 0.711. The summed E-state index contributed by atoms with van der Waals surface area (Å²) in [6.45, 7) is 9.76. The van der Waals surface area contributed by atoms with Crippen LogP contribution < -0.4 is 5.59 Å². The molecule has 4 nitrogen and oxygen atoms in total. The molecule has 1 aromatic heterocycles. The Bertz CT molecular complexity index is 342. The summed E-state index contributed by atoms with van der Waals surface area (Å²) in [6, 6.07) is 5.66. The highest BCUT2D eigenvalue weighted by atomic mass is 16.8. The van der Waals surface area contributed by atoms with Gasteiger partial charge in [0.25, 0.3) is 0 Å². The summed E-state index contributed by atoms with van der Waals surface area (Å²) in [5, 5.41) is 0. The van der Waals surface area contributed by atoms with Crippen molar-refractivity contribution >= 4 is 12.3 Å². The molecule has 0 amide bonds. The van der Waals surface area contributed by atoms with Crippen LogP contribution in [0.2, 0.25) is 0 Å². The van der Waals surface area contributed by atoms with Crippen LogP contribution in [0, 0.1) is 0 Å². The number of aromatic nitrogens is 1. The van der Waals surface area contributed by atoms with E-state index in [1.54, 1.807) is 6.20 Å². The Morgan fingerprint density at radius 2 is 1.32 bits per heavy atom. The lowest BCUT2D eigenvalue weighted by Gasteiger charge is -2.45. The van der Waals surface area contributed by atoms with Crippen LogP contribution in [0.3, 0.4) is 0 Å². The Morgan fingerprint density at radius 3 is 1.63 bits per heavy atom. The van der Waals surface area contributed by atoms with Gasteiger partial charge in [0, 0.05) is 24.5 Å². The zero-order valence-corrected chi connectivity index (χ0v) is 12.8. The van der Waals surface area contributed by atoms with Crippen LogP contribution >= 0.6 is 0 Å². The highest BCUT2D eigenvalue weighted by molar-refractivity contribution is 6.74. The molecular weight excluding hydrogens is 241 g/mol. The monoisotopic (exact) mass is 266 g/mol. The topological polar surface area (TPSA) is 40.6 Å². The van der Waals surface area contributed by atoms with Crippen molar-refractivity contribution in [1.82, 2.24) is 4.98 Å². The van der Waals surface area contributed by atoms with Gasteiger partial charge in [0.2, 0.25) is 0 Å². The van der Waals surface area contributed by atoms with E-state index in [4.69, 9.17) is 14.0 Å². The second-order valence-electron chi connectivity index (χ2n) is 5.45. The Kier molecular flexibility index (Phi) is 5.98. The van der Waals surface area contributed by atoms with Gasteiger partial charge >= 0.3 is 6.75 Å². The van der Waals surface area contributed by atoms with Gasteiger partial charge in [0.05, 0.1) is 0 Å². The van der Waals surface area contributed by atoms with E-state index in [0.717, 1.165) is 0 Å². The van der Waals surface area contributed by atoms with Crippen molar-refractivity contribution in [2.24, 2.45) is 0 Å². The molecule has 0 N–H and O–H groups in total. The highest BCUT2D eigenvalue weighted by Gasteiger charge is 2.36. The predicted molar refractivity (Wildman–Crippen MR) is 78.3 cm³/mol. The van der Waals surface area contributed by atoms with Gasteiger partial charge in [-0.2, -0.15) is 0 Å². The molecule has 5 heteroatoms. The van der Waals surface area contributed by atoms with Crippen molar-refractivity contribution in [2.75, 3.05) is 0 Å². The van der Waals surface area contributed by atoms with Crippen LogP contribution in [0.1, 0.15) is 41.5 Å². The van der Waals surface area contributed by atoms with Crippen LogP contribution in [0.5, 0.6) is 0 Å². The van der Waals surface area contributed by atoms with Crippen molar-refractivity contribution in [1.29, 1.82) is 0 Å². The van der Waals surface area contributed by atoms with E-state index in [1.807, 2.05) is 59.7 Å². The van der Waals surface area contributed by atoms with Crippen molar-refractivity contribution in [2.45, 2.75) is 59.9 Å². The lowest BCUT2D eigenvalue weighted by atomic mass is 9.71. The third-order valence-electron chi connectivity index (χ3n) is 2.40. The number of rotatable bonds is 7. The molecule has 0 bridgehead atoms. The molecule has 0 atom stereocenters. The van der Waals surface area contributed by atoms with Gasteiger partial charge in [-0.05, 0) is 53.2 Å². The van der Waals surface area contributed by atoms with Crippen LogP contribution in [-0.2, 0) is 14.0 Å². The molecule has 0 aliphatic carbocycles. The average molecular weight is 266 g/mol. The Morgan fingerprint density at radius 1 is 0.842 bits per heavy atom. The molecule has 1 heterocycles. The average Bonchev–Trinajstić information content (AvgIpc) is 2.27. The van der Waals surface area contributed by atoms with Crippen molar-refractivity contribution in [3.05, 3.63) is 24.4 Å². The maximum atomic E-state index is 6.00. The first-order valence-corrected chi connectivity index (χ1v) is 6.94. The van der Waals surface area contributed by atoms with Crippen LogP contribution in [-0.4, -0.2) is 30.1 Å². The minimum atomic E-state index is -2.03. The van der Waals surface area contributed by atoms with Crippen LogP contribution in [0.15, 0.2) is 24.4 Å². The molecule has 0 aromatic carbocycles. The normalized spacial score (nSPS) is 12.7. The molecule has 0 unspecified atom stereocenters. The number of hydrogen-bond donors (Lipinski definition) is 0. The highest BCUT2D eigenvalue weighted by Crippen LogP contribution is 2.17. The summed E-state index contributed by atoms with van der Waals surface area (Å²) >= 11 is 0. The fraction of sp³-hybridized carbons (Fsp3) is 0.643. The van der Waals surface area contributed by atoms with Gasteiger partial charge in [-0.1, -0.05) is 12.1 Å². The number of hydrogen-bond acceptors (Lipinski definition) is 4. The number of pyridine rings is 1. The van der Waals surface area contributed by atoms with E-state index < -0.39 is 6.75 Å². The summed E-state index contributed by atoms with van der Waals surface area (Å²) in [5.74, 6) is 0. The van der Waals surface area contributed by atoms with Gasteiger partial charge in [-0.15, -0.1) is 0 Å². The SMILES string of the molecule is CC(C)O[B-](OC(C)C)(OC(C)C)c1ccccn1. The fourth-order valence-corrected chi connectivity index (χ4v) is 1.97. The Labute approximate surface area is 116 Å². The van der Waals surface area contributed by atoms with Gasteiger partial charge in [-0.3, -0.25) is 4.98 Å². The molecule has 0 radical (unpaired) electrons.